The van der Waals surface area contributed by atoms with Gasteiger partial charge in [-0.3, -0.25) is 0 Å². The molecule has 0 bridgehead atoms. The second kappa shape index (κ2) is 6.45. The number of methoxy groups -OCH3 is 1. The molecule has 0 heterocycles. The van der Waals surface area contributed by atoms with Gasteiger partial charge in [-0.1, -0.05) is 18.2 Å². The van der Waals surface area contributed by atoms with Gasteiger partial charge in [0.05, 0.1) is 13.7 Å². The van der Waals surface area contributed by atoms with Crippen LogP contribution >= 0.6 is 0 Å². The van der Waals surface area contributed by atoms with Crippen molar-refractivity contribution in [2.75, 3.05) is 13.7 Å². The van der Waals surface area contributed by atoms with Gasteiger partial charge >= 0.3 is 0 Å². The van der Waals surface area contributed by atoms with E-state index in [1.807, 2.05) is 18.2 Å². The summed E-state index contributed by atoms with van der Waals surface area (Å²) in [7, 11) is 1.67. The smallest absolute Gasteiger partial charge is 0.165 e. The van der Waals surface area contributed by atoms with Crippen molar-refractivity contribution in [3.8, 4) is 11.5 Å². The van der Waals surface area contributed by atoms with E-state index in [-0.39, 0.29) is 0 Å². The first-order valence-corrected chi connectivity index (χ1v) is 6.48. The van der Waals surface area contributed by atoms with Gasteiger partial charge < -0.3 is 14.8 Å². The molecule has 2 rings (SSSR count). The maximum Gasteiger partial charge on any atom is 0.165 e. The van der Waals surface area contributed by atoms with E-state index < -0.39 is 0 Å². The van der Waals surface area contributed by atoms with E-state index in [0.717, 1.165) is 30.0 Å². The Kier molecular flexibility index (Phi) is 4.65. The van der Waals surface area contributed by atoms with Crippen molar-refractivity contribution in [2.45, 2.75) is 31.8 Å². The lowest BCUT2D eigenvalue weighted by molar-refractivity contribution is 0.296. The SMILES string of the molecule is C=CCCOc1c(CNC2CC2)cccc1OC. The fourth-order valence-electron chi connectivity index (χ4n) is 1.81. The van der Waals surface area contributed by atoms with Crippen LogP contribution in [0.2, 0.25) is 0 Å². The van der Waals surface area contributed by atoms with Gasteiger partial charge in [0.2, 0.25) is 0 Å². The van der Waals surface area contributed by atoms with E-state index in [4.69, 9.17) is 9.47 Å². The summed E-state index contributed by atoms with van der Waals surface area (Å²) in [5, 5.41) is 3.50. The predicted molar refractivity (Wildman–Crippen MR) is 73.2 cm³/mol. The van der Waals surface area contributed by atoms with Crippen LogP contribution in [0, 0.1) is 0 Å². The predicted octanol–water partition coefficient (Wildman–Crippen LogP) is 2.90. The van der Waals surface area contributed by atoms with Crippen molar-refractivity contribution in [2.24, 2.45) is 0 Å². The summed E-state index contributed by atoms with van der Waals surface area (Å²) < 4.78 is 11.2. The Labute approximate surface area is 109 Å². The Bertz CT molecular complexity index is 399. The second-order valence-electron chi connectivity index (χ2n) is 4.53. The molecule has 3 nitrogen and oxygen atoms in total. The molecule has 18 heavy (non-hydrogen) atoms. The topological polar surface area (TPSA) is 30.5 Å². The third-order valence-corrected chi connectivity index (χ3v) is 3.01. The Morgan fingerprint density at radius 1 is 1.44 bits per heavy atom. The number of nitrogens with one attached hydrogen (secondary N) is 1. The van der Waals surface area contributed by atoms with Crippen molar-refractivity contribution < 1.29 is 9.47 Å². The van der Waals surface area contributed by atoms with E-state index >= 15 is 0 Å². The van der Waals surface area contributed by atoms with Crippen LogP contribution in [0.15, 0.2) is 30.9 Å². The zero-order valence-corrected chi connectivity index (χ0v) is 10.9. The van der Waals surface area contributed by atoms with Crippen LogP contribution in [-0.2, 0) is 6.54 Å². The summed E-state index contributed by atoms with van der Waals surface area (Å²) in [5.41, 5.74) is 1.16. The second-order valence-corrected chi connectivity index (χ2v) is 4.53. The monoisotopic (exact) mass is 247 g/mol. The molecule has 0 amide bonds. The molecule has 1 fully saturated rings. The first-order chi connectivity index (χ1) is 8.85. The van der Waals surface area contributed by atoms with Gasteiger partial charge in [-0.2, -0.15) is 0 Å². The lowest BCUT2D eigenvalue weighted by Gasteiger charge is -2.15. The van der Waals surface area contributed by atoms with Gasteiger partial charge in [0.15, 0.2) is 11.5 Å². The summed E-state index contributed by atoms with van der Waals surface area (Å²) in [6, 6.07) is 6.71. The number of benzene rings is 1. The summed E-state index contributed by atoms with van der Waals surface area (Å²) >= 11 is 0. The molecule has 0 unspecified atom stereocenters. The Morgan fingerprint density at radius 3 is 2.94 bits per heavy atom. The van der Waals surface area contributed by atoms with Crippen molar-refractivity contribution in [3.05, 3.63) is 36.4 Å². The van der Waals surface area contributed by atoms with E-state index in [9.17, 15) is 0 Å². The molecule has 98 valence electrons. The normalized spacial score (nSPS) is 14.3. The molecule has 0 spiro atoms. The number of hydrogen-bond acceptors (Lipinski definition) is 3. The number of hydrogen-bond donors (Lipinski definition) is 1. The summed E-state index contributed by atoms with van der Waals surface area (Å²) in [6.45, 7) is 5.18. The lowest BCUT2D eigenvalue weighted by Crippen LogP contribution is -2.16. The quantitative estimate of drug-likeness (QED) is 0.566. The lowest BCUT2D eigenvalue weighted by atomic mass is 10.2. The van der Waals surface area contributed by atoms with E-state index in [0.29, 0.717) is 12.6 Å². The van der Waals surface area contributed by atoms with Crippen molar-refractivity contribution >= 4 is 0 Å². The highest BCUT2D eigenvalue weighted by atomic mass is 16.5. The zero-order valence-electron chi connectivity index (χ0n) is 10.9. The number of para-hydroxylation sites is 1. The van der Waals surface area contributed by atoms with E-state index in [2.05, 4.69) is 18.0 Å². The molecule has 0 atom stereocenters. The molecule has 1 aliphatic rings. The number of rotatable bonds is 8. The van der Waals surface area contributed by atoms with Crippen LogP contribution in [-0.4, -0.2) is 19.8 Å². The molecule has 3 heteroatoms. The van der Waals surface area contributed by atoms with E-state index in [1.54, 1.807) is 7.11 Å². The van der Waals surface area contributed by atoms with Gasteiger partial charge in [-0.05, 0) is 25.3 Å². The highest BCUT2D eigenvalue weighted by Crippen LogP contribution is 2.32. The average Bonchev–Trinajstić information content (AvgIpc) is 3.21. The standard InChI is InChI=1S/C15H21NO2/c1-3-4-10-18-15-12(11-16-13-8-9-13)6-5-7-14(15)17-2/h3,5-7,13,16H,1,4,8-11H2,2H3. The third-order valence-electron chi connectivity index (χ3n) is 3.01. The molecule has 0 aromatic heterocycles. The molecule has 0 radical (unpaired) electrons. The Morgan fingerprint density at radius 2 is 2.28 bits per heavy atom. The van der Waals surface area contributed by atoms with Gasteiger partial charge in [-0.25, -0.2) is 0 Å². The maximum absolute atomic E-state index is 5.82. The Hall–Kier alpha value is -1.48. The minimum atomic E-state index is 0.639. The van der Waals surface area contributed by atoms with Crippen LogP contribution < -0.4 is 14.8 Å². The minimum absolute atomic E-state index is 0.639. The average molecular weight is 247 g/mol. The molecular formula is C15H21NO2. The largest absolute Gasteiger partial charge is 0.493 e. The fraction of sp³-hybridized carbons (Fsp3) is 0.467. The molecule has 1 saturated carbocycles. The molecule has 0 aliphatic heterocycles. The van der Waals surface area contributed by atoms with Crippen molar-refractivity contribution in [1.82, 2.24) is 5.32 Å². The summed E-state index contributed by atoms with van der Waals surface area (Å²) in [5.74, 6) is 1.66. The molecular weight excluding hydrogens is 226 g/mol. The van der Waals surface area contributed by atoms with Crippen molar-refractivity contribution in [3.63, 3.8) is 0 Å². The molecule has 1 aromatic carbocycles. The summed E-state index contributed by atoms with van der Waals surface area (Å²) in [6.07, 6.45) is 5.28. The summed E-state index contributed by atoms with van der Waals surface area (Å²) in [4.78, 5) is 0. The van der Waals surface area contributed by atoms with Crippen LogP contribution in [0.1, 0.15) is 24.8 Å². The zero-order chi connectivity index (χ0) is 12.8. The van der Waals surface area contributed by atoms with Crippen LogP contribution in [0.3, 0.4) is 0 Å². The van der Waals surface area contributed by atoms with E-state index in [1.165, 1.54) is 12.8 Å². The molecule has 1 aromatic rings. The van der Waals surface area contributed by atoms with Crippen molar-refractivity contribution in [1.29, 1.82) is 0 Å². The molecule has 1 aliphatic carbocycles. The van der Waals surface area contributed by atoms with Gasteiger partial charge in [-0.15, -0.1) is 6.58 Å². The molecule has 0 saturated heterocycles. The van der Waals surface area contributed by atoms with Crippen LogP contribution in [0.25, 0.3) is 0 Å². The first kappa shape index (κ1) is 13.0. The third kappa shape index (κ3) is 3.50. The fourth-order valence-corrected chi connectivity index (χ4v) is 1.81. The van der Waals surface area contributed by atoms with Gasteiger partial charge in [0.1, 0.15) is 0 Å². The number of ether oxygens (including phenoxy) is 2. The minimum Gasteiger partial charge on any atom is -0.493 e. The molecule has 1 N–H and O–H groups in total. The van der Waals surface area contributed by atoms with Crippen LogP contribution in [0.4, 0.5) is 0 Å². The highest BCUT2D eigenvalue weighted by Gasteiger charge is 2.21. The highest BCUT2D eigenvalue weighted by molar-refractivity contribution is 5.46. The Balaban J connectivity index is 2.05. The van der Waals surface area contributed by atoms with Gasteiger partial charge in [0.25, 0.3) is 0 Å². The maximum atomic E-state index is 5.82. The van der Waals surface area contributed by atoms with Crippen LogP contribution in [0.5, 0.6) is 11.5 Å². The first-order valence-electron chi connectivity index (χ1n) is 6.48. The van der Waals surface area contributed by atoms with Gasteiger partial charge in [0, 0.05) is 18.2 Å².